The van der Waals surface area contributed by atoms with Gasteiger partial charge in [0, 0.05) is 50.7 Å². The second-order valence-electron chi connectivity index (χ2n) is 10.8. The lowest BCUT2D eigenvalue weighted by atomic mass is 9.97. The third-order valence-electron chi connectivity index (χ3n) is 7.91. The number of rotatable bonds is 4. The summed E-state index contributed by atoms with van der Waals surface area (Å²) in [5.41, 5.74) is 11.5. The predicted molar refractivity (Wildman–Crippen MR) is 154 cm³/mol. The van der Waals surface area contributed by atoms with Crippen molar-refractivity contribution in [2.45, 2.75) is 32.6 Å². The standard InChI is InChI=1S/C29H36N8O2/c1-18-13-21-14-25(32-18)23-16-31-36(3)28(23)39-12-4-5-20(19-6-7-19)17-37-26-15-22(35(2)11-10-30)8-9-24(26)33-29(37)34-27(21)38/h8-9,13-16,19-20H,4-7,10-12,17,30H2,1-3H3,(H,33,34,38)/t20-/m1/s1. The van der Waals surface area contributed by atoms with Crippen LogP contribution in [-0.4, -0.2) is 59.9 Å². The Morgan fingerprint density at radius 2 is 2.03 bits per heavy atom. The Morgan fingerprint density at radius 3 is 2.82 bits per heavy atom. The highest BCUT2D eigenvalue weighted by atomic mass is 16.5. The van der Waals surface area contributed by atoms with E-state index >= 15 is 0 Å². The van der Waals surface area contributed by atoms with Crippen LogP contribution in [0.1, 0.15) is 41.7 Å². The number of hydrogen-bond acceptors (Lipinski definition) is 8. The summed E-state index contributed by atoms with van der Waals surface area (Å²) in [5, 5.41) is 7.84. The molecule has 204 valence electrons. The number of pyridine rings is 1. The lowest BCUT2D eigenvalue weighted by Crippen LogP contribution is -2.36. The third-order valence-corrected chi connectivity index (χ3v) is 7.91. The van der Waals surface area contributed by atoms with Crippen molar-refractivity contribution in [1.82, 2.24) is 14.8 Å². The highest BCUT2D eigenvalue weighted by Crippen LogP contribution is 2.43. The number of anilines is 3. The number of carbonyl (C=O) groups is 1. The molecule has 1 fully saturated rings. The number of amides is 1. The molecule has 1 aromatic carbocycles. The Balaban J connectivity index is 1.42. The fraction of sp³-hybridized carbons (Fsp3) is 0.448. The molecular weight excluding hydrogens is 492 g/mol. The van der Waals surface area contributed by atoms with Crippen LogP contribution in [0.5, 0.6) is 5.88 Å². The number of nitrogens with two attached hydrogens (primary N) is 1. The summed E-state index contributed by atoms with van der Waals surface area (Å²) in [5.74, 6) is 2.07. The van der Waals surface area contributed by atoms with Crippen molar-refractivity contribution in [3.05, 3.63) is 47.8 Å². The zero-order chi connectivity index (χ0) is 27.1. The van der Waals surface area contributed by atoms with Gasteiger partial charge in [0.2, 0.25) is 11.8 Å². The number of aryl methyl sites for hydroxylation is 2. The zero-order valence-electron chi connectivity index (χ0n) is 22.9. The van der Waals surface area contributed by atoms with Crippen LogP contribution in [0, 0.1) is 18.8 Å². The van der Waals surface area contributed by atoms with Gasteiger partial charge in [-0.2, -0.15) is 10.1 Å². The number of aromatic nitrogens is 3. The third kappa shape index (κ3) is 5.08. The Bertz CT molecular complexity index is 1430. The number of carbonyl (C=O) groups excluding carboxylic acids is 1. The number of fused-ring (bicyclic) bond motifs is 7. The second kappa shape index (κ2) is 10.3. The van der Waals surface area contributed by atoms with E-state index in [0.29, 0.717) is 48.1 Å². The molecule has 39 heavy (non-hydrogen) atoms. The maximum absolute atomic E-state index is 13.6. The van der Waals surface area contributed by atoms with Crippen molar-refractivity contribution in [1.29, 1.82) is 0 Å². The van der Waals surface area contributed by atoms with E-state index < -0.39 is 0 Å². The minimum Gasteiger partial charge on any atom is -0.477 e. The van der Waals surface area contributed by atoms with Gasteiger partial charge in [-0.1, -0.05) is 0 Å². The Hall–Kier alpha value is -3.92. The lowest BCUT2D eigenvalue weighted by Gasteiger charge is -2.26. The van der Waals surface area contributed by atoms with E-state index in [1.807, 2.05) is 21.0 Å². The van der Waals surface area contributed by atoms with Crippen LogP contribution in [-0.2, 0) is 7.05 Å². The highest BCUT2D eigenvalue weighted by molar-refractivity contribution is 6.19. The van der Waals surface area contributed by atoms with Gasteiger partial charge in [-0.3, -0.25) is 9.78 Å². The van der Waals surface area contributed by atoms with Crippen molar-refractivity contribution in [3.8, 4) is 17.1 Å². The average Bonchev–Trinajstić information content (AvgIpc) is 3.62. The largest absolute Gasteiger partial charge is 0.477 e. The van der Waals surface area contributed by atoms with Crippen LogP contribution in [0.4, 0.5) is 17.1 Å². The summed E-state index contributed by atoms with van der Waals surface area (Å²) in [6.07, 6.45) is 6.19. The molecule has 10 nitrogen and oxygen atoms in total. The molecule has 6 rings (SSSR count). The number of benzene rings is 1. The predicted octanol–water partition coefficient (Wildman–Crippen LogP) is 3.81. The normalized spacial score (nSPS) is 20.4. The SMILES string of the molecule is Cc1cc2cc(n1)-c1cnn(C)c1OCCC[C@@H](C1CC1)CN1/C(=N/C2=O)Nc2ccc(N(C)CCN)cc21. The average molecular weight is 529 g/mol. The number of likely N-dealkylation sites (N-methyl/N-ethyl adjacent to an activating group) is 1. The molecule has 1 atom stereocenters. The zero-order valence-corrected chi connectivity index (χ0v) is 22.9. The van der Waals surface area contributed by atoms with Crippen LogP contribution in [0.2, 0.25) is 0 Å². The van der Waals surface area contributed by atoms with Gasteiger partial charge in [0.1, 0.15) is 0 Å². The van der Waals surface area contributed by atoms with Gasteiger partial charge in [-0.05, 0) is 74.8 Å². The topological polar surface area (TPSA) is 114 Å². The molecule has 2 aliphatic heterocycles. The maximum Gasteiger partial charge on any atom is 0.280 e. The van der Waals surface area contributed by atoms with Gasteiger partial charge >= 0.3 is 0 Å². The number of nitrogens with one attached hydrogen (secondary N) is 1. The first-order valence-corrected chi connectivity index (χ1v) is 13.8. The molecule has 1 saturated carbocycles. The van der Waals surface area contributed by atoms with Crippen LogP contribution in [0.15, 0.2) is 41.5 Å². The van der Waals surface area contributed by atoms with Crippen molar-refractivity contribution in [2.24, 2.45) is 29.6 Å². The lowest BCUT2D eigenvalue weighted by molar-refractivity contribution is 0.100. The fourth-order valence-corrected chi connectivity index (χ4v) is 5.64. The van der Waals surface area contributed by atoms with Gasteiger partial charge in [-0.25, -0.2) is 4.68 Å². The number of guanidine groups is 1. The Labute approximate surface area is 228 Å². The molecule has 0 radical (unpaired) electrons. The first-order chi connectivity index (χ1) is 18.9. The fourth-order valence-electron chi connectivity index (χ4n) is 5.64. The summed E-state index contributed by atoms with van der Waals surface area (Å²) in [6, 6.07) is 9.88. The minimum absolute atomic E-state index is 0.313. The summed E-state index contributed by atoms with van der Waals surface area (Å²) in [7, 11) is 3.91. The summed E-state index contributed by atoms with van der Waals surface area (Å²) in [4.78, 5) is 27.3. The molecule has 10 heteroatoms. The Morgan fingerprint density at radius 1 is 1.18 bits per heavy atom. The number of aliphatic imine (C=N–C) groups is 1. The van der Waals surface area contributed by atoms with Crippen molar-refractivity contribution >= 4 is 28.9 Å². The molecule has 2 aromatic heterocycles. The number of ether oxygens (including phenoxy) is 1. The summed E-state index contributed by atoms with van der Waals surface area (Å²) in [6.45, 7) is 4.61. The van der Waals surface area contributed by atoms with Gasteiger partial charge in [0.15, 0.2) is 0 Å². The smallest absolute Gasteiger partial charge is 0.280 e. The quantitative estimate of drug-likeness (QED) is 0.526. The van der Waals surface area contributed by atoms with Crippen LogP contribution in [0.3, 0.4) is 0 Å². The van der Waals surface area contributed by atoms with E-state index in [4.69, 9.17) is 15.5 Å². The molecular formula is C29H36N8O2. The molecule has 0 spiro atoms. The van der Waals surface area contributed by atoms with Crippen LogP contribution >= 0.6 is 0 Å². The first kappa shape index (κ1) is 25.4. The molecule has 1 amide bonds. The monoisotopic (exact) mass is 528 g/mol. The maximum atomic E-state index is 13.6. The van der Waals surface area contributed by atoms with Gasteiger partial charge in [0.05, 0.1) is 35.4 Å². The summed E-state index contributed by atoms with van der Waals surface area (Å²) >= 11 is 0. The van der Waals surface area contributed by atoms with E-state index in [-0.39, 0.29) is 5.91 Å². The summed E-state index contributed by atoms with van der Waals surface area (Å²) < 4.78 is 7.99. The molecule has 1 aliphatic carbocycles. The Kier molecular flexibility index (Phi) is 6.72. The van der Waals surface area contributed by atoms with Crippen molar-refractivity contribution in [2.75, 3.05) is 48.4 Å². The van der Waals surface area contributed by atoms with E-state index in [0.717, 1.165) is 54.3 Å². The van der Waals surface area contributed by atoms with E-state index in [9.17, 15) is 4.79 Å². The molecule has 2 bridgehead atoms. The van der Waals surface area contributed by atoms with Crippen LogP contribution in [0.25, 0.3) is 11.3 Å². The van der Waals surface area contributed by atoms with E-state index in [1.165, 1.54) is 12.8 Å². The van der Waals surface area contributed by atoms with Crippen molar-refractivity contribution in [3.63, 3.8) is 0 Å². The second-order valence-corrected chi connectivity index (χ2v) is 10.8. The van der Waals surface area contributed by atoms with E-state index in [1.54, 1.807) is 23.0 Å². The van der Waals surface area contributed by atoms with Gasteiger partial charge in [-0.15, -0.1) is 0 Å². The first-order valence-electron chi connectivity index (χ1n) is 13.8. The van der Waals surface area contributed by atoms with Gasteiger partial charge < -0.3 is 25.6 Å². The molecule has 4 heterocycles. The van der Waals surface area contributed by atoms with Crippen LogP contribution < -0.4 is 25.6 Å². The van der Waals surface area contributed by atoms with E-state index in [2.05, 4.69) is 43.4 Å². The minimum atomic E-state index is -0.313. The highest BCUT2D eigenvalue weighted by Gasteiger charge is 2.36. The van der Waals surface area contributed by atoms with Crippen molar-refractivity contribution < 1.29 is 9.53 Å². The molecule has 0 saturated heterocycles. The molecule has 3 aliphatic rings. The molecule has 0 unspecified atom stereocenters. The van der Waals surface area contributed by atoms with Gasteiger partial charge in [0.25, 0.3) is 5.91 Å². The number of hydrogen-bond donors (Lipinski definition) is 2. The molecule has 3 aromatic rings. The number of nitrogens with zero attached hydrogens (tertiary/aromatic N) is 6. The molecule has 3 N–H and O–H groups in total.